The Balaban J connectivity index is 0.00000264. The smallest absolute Gasteiger partial charge is 0.191 e. The van der Waals surface area contributed by atoms with Gasteiger partial charge in [0.1, 0.15) is 12.2 Å². The van der Waals surface area contributed by atoms with E-state index in [9.17, 15) is 0 Å². The third-order valence-electron chi connectivity index (χ3n) is 3.47. The van der Waals surface area contributed by atoms with Crippen LogP contribution in [0.2, 0.25) is 0 Å². The van der Waals surface area contributed by atoms with Gasteiger partial charge in [0.25, 0.3) is 0 Å². The fourth-order valence-electron chi connectivity index (χ4n) is 2.50. The van der Waals surface area contributed by atoms with Crippen LogP contribution in [0.15, 0.2) is 23.2 Å². The Bertz CT molecular complexity index is 533. The lowest BCUT2D eigenvalue weighted by Crippen LogP contribution is -2.39. The summed E-state index contributed by atoms with van der Waals surface area (Å²) >= 11 is 0. The summed E-state index contributed by atoms with van der Waals surface area (Å²) in [5.74, 6) is 2.52. The van der Waals surface area contributed by atoms with Gasteiger partial charge >= 0.3 is 0 Å². The number of aliphatic imine (C=N–C) groups is 1. The molecule has 0 aromatic heterocycles. The number of rotatable bonds is 6. The molecule has 1 aliphatic heterocycles. The zero-order valence-electron chi connectivity index (χ0n) is 14.4. The summed E-state index contributed by atoms with van der Waals surface area (Å²) < 4.78 is 11.9. The van der Waals surface area contributed by atoms with Crippen molar-refractivity contribution in [2.24, 2.45) is 4.99 Å². The number of ether oxygens (including phenoxy) is 2. The van der Waals surface area contributed by atoms with Gasteiger partial charge in [-0.2, -0.15) is 0 Å². The lowest BCUT2D eigenvalue weighted by atomic mass is 10.0. The number of nitrogens with zero attached hydrogens (tertiary/aromatic N) is 1. The molecule has 0 radical (unpaired) electrons. The SMILES string of the molecule is CCCNC(=NC)NCCOc1cccc2c1OC(C)(C)C2.I. The second-order valence-electron chi connectivity index (χ2n) is 6.06. The van der Waals surface area contributed by atoms with Crippen molar-refractivity contribution in [3.8, 4) is 11.5 Å². The first kappa shape index (κ1) is 19.9. The van der Waals surface area contributed by atoms with Crippen LogP contribution in [0.5, 0.6) is 11.5 Å². The molecule has 0 amide bonds. The molecule has 1 aromatic carbocycles. The molecule has 6 heteroatoms. The van der Waals surface area contributed by atoms with Crippen LogP contribution < -0.4 is 20.1 Å². The minimum Gasteiger partial charge on any atom is -0.488 e. The van der Waals surface area contributed by atoms with Crippen LogP contribution >= 0.6 is 24.0 Å². The van der Waals surface area contributed by atoms with Crippen LogP contribution in [0.1, 0.15) is 32.8 Å². The Labute approximate surface area is 156 Å². The van der Waals surface area contributed by atoms with Crippen LogP contribution in [0.3, 0.4) is 0 Å². The zero-order chi connectivity index (χ0) is 16.0. The van der Waals surface area contributed by atoms with E-state index < -0.39 is 0 Å². The van der Waals surface area contributed by atoms with Crippen LogP contribution in [0.4, 0.5) is 0 Å². The molecular weight excluding hydrogens is 405 g/mol. The van der Waals surface area contributed by atoms with Crippen molar-refractivity contribution >= 4 is 29.9 Å². The van der Waals surface area contributed by atoms with E-state index in [-0.39, 0.29) is 29.6 Å². The summed E-state index contributed by atoms with van der Waals surface area (Å²) in [5, 5.41) is 6.46. The molecule has 5 nitrogen and oxygen atoms in total. The second-order valence-corrected chi connectivity index (χ2v) is 6.06. The molecule has 0 bridgehead atoms. The Morgan fingerprint density at radius 1 is 1.30 bits per heavy atom. The van der Waals surface area contributed by atoms with Crippen molar-refractivity contribution in [3.05, 3.63) is 23.8 Å². The van der Waals surface area contributed by atoms with Crippen LogP contribution in [-0.2, 0) is 6.42 Å². The zero-order valence-corrected chi connectivity index (χ0v) is 16.8. The summed E-state index contributed by atoms with van der Waals surface area (Å²) in [6.45, 7) is 8.49. The molecule has 2 rings (SSSR count). The number of nitrogens with one attached hydrogen (secondary N) is 2. The molecule has 0 atom stereocenters. The minimum atomic E-state index is -0.147. The van der Waals surface area contributed by atoms with Gasteiger partial charge in [-0.05, 0) is 26.3 Å². The van der Waals surface area contributed by atoms with Gasteiger partial charge in [-0.3, -0.25) is 4.99 Å². The number of fused-ring (bicyclic) bond motifs is 1. The van der Waals surface area contributed by atoms with Crippen LogP contribution in [-0.4, -0.2) is 38.3 Å². The first-order chi connectivity index (χ1) is 10.6. The first-order valence-electron chi connectivity index (χ1n) is 7.94. The summed E-state index contributed by atoms with van der Waals surface area (Å²) in [5.41, 5.74) is 1.07. The van der Waals surface area contributed by atoms with E-state index in [1.807, 2.05) is 12.1 Å². The van der Waals surface area contributed by atoms with Crippen molar-refractivity contribution in [2.45, 2.75) is 39.2 Å². The number of guanidine groups is 1. The summed E-state index contributed by atoms with van der Waals surface area (Å²) in [6.07, 6.45) is 1.99. The van der Waals surface area contributed by atoms with E-state index in [4.69, 9.17) is 9.47 Å². The number of benzene rings is 1. The van der Waals surface area contributed by atoms with E-state index in [0.29, 0.717) is 13.2 Å². The van der Waals surface area contributed by atoms with Gasteiger partial charge in [-0.25, -0.2) is 0 Å². The maximum Gasteiger partial charge on any atom is 0.191 e. The first-order valence-corrected chi connectivity index (χ1v) is 7.94. The number of para-hydroxylation sites is 1. The predicted octanol–water partition coefficient (Wildman–Crippen LogP) is 2.97. The molecule has 1 aliphatic rings. The minimum absolute atomic E-state index is 0. The van der Waals surface area contributed by atoms with E-state index in [1.165, 1.54) is 5.56 Å². The maximum atomic E-state index is 6.00. The molecule has 130 valence electrons. The van der Waals surface area contributed by atoms with Gasteiger partial charge < -0.3 is 20.1 Å². The molecule has 0 unspecified atom stereocenters. The Morgan fingerprint density at radius 2 is 2.04 bits per heavy atom. The molecular formula is C17H28IN3O2. The molecule has 2 N–H and O–H groups in total. The molecule has 0 saturated heterocycles. The Kier molecular flexibility index (Phi) is 7.94. The van der Waals surface area contributed by atoms with Gasteiger partial charge in [0.15, 0.2) is 17.5 Å². The topological polar surface area (TPSA) is 54.9 Å². The van der Waals surface area contributed by atoms with E-state index >= 15 is 0 Å². The number of halogens is 1. The fourth-order valence-corrected chi connectivity index (χ4v) is 2.50. The number of hydrogen-bond donors (Lipinski definition) is 2. The average molecular weight is 433 g/mol. The molecule has 1 aromatic rings. The Hall–Kier alpha value is -1.18. The van der Waals surface area contributed by atoms with Crippen molar-refractivity contribution < 1.29 is 9.47 Å². The average Bonchev–Trinajstić information content (AvgIpc) is 2.81. The number of hydrogen-bond acceptors (Lipinski definition) is 3. The largest absolute Gasteiger partial charge is 0.488 e. The third-order valence-corrected chi connectivity index (χ3v) is 3.47. The summed E-state index contributed by atoms with van der Waals surface area (Å²) in [6, 6.07) is 6.09. The van der Waals surface area contributed by atoms with E-state index in [2.05, 4.69) is 42.5 Å². The molecule has 0 aliphatic carbocycles. The van der Waals surface area contributed by atoms with Gasteiger partial charge in [-0.15, -0.1) is 24.0 Å². The monoisotopic (exact) mass is 433 g/mol. The van der Waals surface area contributed by atoms with Gasteiger partial charge in [0, 0.05) is 25.6 Å². The molecule has 23 heavy (non-hydrogen) atoms. The highest BCUT2D eigenvalue weighted by Crippen LogP contribution is 2.41. The molecule has 0 spiro atoms. The van der Waals surface area contributed by atoms with Crippen molar-refractivity contribution in [3.63, 3.8) is 0 Å². The summed E-state index contributed by atoms with van der Waals surface area (Å²) in [7, 11) is 1.77. The van der Waals surface area contributed by atoms with E-state index in [1.54, 1.807) is 7.05 Å². The molecule has 0 saturated carbocycles. The molecule has 0 fully saturated rings. The maximum absolute atomic E-state index is 6.00. The predicted molar refractivity (Wildman–Crippen MR) is 105 cm³/mol. The Morgan fingerprint density at radius 3 is 2.74 bits per heavy atom. The van der Waals surface area contributed by atoms with Gasteiger partial charge in [0.2, 0.25) is 0 Å². The quantitative estimate of drug-likeness (QED) is 0.314. The van der Waals surface area contributed by atoms with Crippen LogP contribution in [0.25, 0.3) is 0 Å². The van der Waals surface area contributed by atoms with Crippen molar-refractivity contribution in [2.75, 3.05) is 26.7 Å². The lowest BCUT2D eigenvalue weighted by Gasteiger charge is -2.18. The highest BCUT2D eigenvalue weighted by atomic mass is 127. The standard InChI is InChI=1S/C17H27N3O2.HI/c1-5-9-19-16(18-4)20-10-11-21-14-8-6-7-13-12-17(2,3)22-15(13)14;/h6-8H,5,9-12H2,1-4H3,(H2,18,19,20);1H. The highest BCUT2D eigenvalue weighted by Gasteiger charge is 2.32. The van der Waals surface area contributed by atoms with Crippen molar-refractivity contribution in [1.29, 1.82) is 0 Å². The lowest BCUT2D eigenvalue weighted by molar-refractivity contribution is 0.132. The van der Waals surface area contributed by atoms with Crippen LogP contribution in [0, 0.1) is 0 Å². The third kappa shape index (κ3) is 5.75. The summed E-state index contributed by atoms with van der Waals surface area (Å²) in [4.78, 5) is 4.16. The normalized spacial score (nSPS) is 15.2. The van der Waals surface area contributed by atoms with Gasteiger partial charge in [-0.1, -0.05) is 19.1 Å². The second kappa shape index (κ2) is 9.20. The fraction of sp³-hybridized carbons (Fsp3) is 0.588. The highest BCUT2D eigenvalue weighted by molar-refractivity contribution is 14.0. The van der Waals surface area contributed by atoms with E-state index in [0.717, 1.165) is 36.8 Å². The van der Waals surface area contributed by atoms with Crippen molar-refractivity contribution in [1.82, 2.24) is 10.6 Å². The van der Waals surface area contributed by atoms with Gasteiger partial charge in [0.05, 0.1) is 6.54 Å². The molecule has 1 heterocycles.